The van der Waals surface area contributed by atoms with Gasteiger partial charge in [-0.25, -0.2) is 0 Å². The number of carbonyl (C=O) groups is 4. The van der Waals surface area contributed by atoms with Gasteiger partial charge in [-0.05, 0) is 198 Å². The summed E-state index contributed by atoms with van der Waals surface area (Å²) in [6.07, 6.45) is 31.7. The lowest BCUT2D eigenvalue weighted by atomic mass is 9.92. The highest BCUT2D eigenvalue weighted by Gasteiger charge is 2.40. The van der Waals surface area contributed by atoms with E-state index < -0.39 is 35.7 Å². The number of alkyl halides is 4. The Morgan fingerprint density at radius 2 is 0.785 bits per heavy atom. The van der Waals surface area contributed by atoms with E-state index >= 15 is 0 Å². The highest BCUT2D eigenvalue weighted by Crippen LogP contribution is 2.32. The summed E-state index contributed by atoms with van der Waals surface area (Å²) in [6, 6.07) is 19.1. The molecule has 3 saturated heterocycles. The van der Waals surface area contributed by atoms with Gasteiger partial charge in [-0.3, -0.25) is 55.8 Å². The quantitative estimate of drug-likeness (QED) is 0.0130. The molecule has 5 aromatic rings. The molecular weight excluding hydrogens is 1430 g/mol. The van der Waals surface area contributed by atoms with Crippen molar-refractivity contribution in [1.82, 2.24) is 24.9 Å². The number of nitrogens with zero attached hydrogens (tertiary/aromatic N) is 5. The first-order valence-corrected chi connectivity index (χ1v) is 38.9. The smallest absolute Gasteiger partial charge is 0.412 e. The van der Waals surface area contributed by atoms with Crippen LogP contribution in [0.25, 0.3) is 0 Å². The zero-order valence-corrected chi connectivity index (χ0v) is 66.8. The highest BCUT2D eigenvalue weighted by molar-refractivity contribution is 9.09. The molecule has 0 saturated carbocycles. The lowest BCUT2D eigenvalue weighted by molar-refractivity contribution is -0.170. The number of nitrogens with two attached hydrogens (primary N) is 2. The van der Waals surface area contributed by atoms with Crippen LogP contribution in [0, 0.1) is 37.5 Å². The molecule has 17 nitrogen and oxygen atoms in total. The number of unbranched alkanes of at least 4 members (excludes halogenated alkanes) is 4. The zero-order valence-electron chi connectivity index (χ0n) is 65.2. The van der Waals surface area contributed by atoms with Gasteiger partial charge in [-0.1, -0.05) is 197 Å². The molecule has 4 unspecified atom stereocenters. The maximum Gasteiger partial charge on any atom is 0.450 e. The highest BCUT2D eigenvalue weighted by atomic mass is 79.9. The number of aryl methyl sites for hydroxylation is 5. The topological polar surface area (TPSA) is 262 Å². The van der Waals surface area contributed by atoms with E-state index in [-0.39, 0.29) is 52.4 Å². The molecule has 3 aliphatic heterocycles. The third-order valence-electron chi connectivity index (χ3n) is 18.3. The van der Waals surface area contributed by atoms with Crippen LogP contribution < -0.4 is 11.7 Å². The molecule has 0 aromatic carbocycles. The molecule has 5 aromatic heterocycles. The van der Waals surface area contributed by atoms with E-state index in [9.17, 15) is 32.3 Å². The standard InChI is InChI=1S/C18H24F3NO2.C18H29NO2.C16H25NO.C10H13NO2.C8H17Br.C8H9NO.C4H8O.4CH4.H4N2.H2O/c1-3-5-6-13(4-2)7-8-14-9-10-22-15(11-14)16(23)12-17(24)18(19,20)21;1-4-6-7-15(5-2)8-9-16-10-11-19-17(14-16)18(3)20-12-13-21-18;1-4-6-7-14(5-2)8-9-15-10-11-17-16(12-15)13(3)18;1-8-3-4-11-9(7-8)10(2)12-5-6-13-10;1-3-5-6-8(4-2)7-9;1-6-3-4-9-8(5-6)7(2)10;1-2-4-5-3-1;;;;;1-2;/h9-11,13H,3-8,12H2,1-2H3;10-11,14-15H,4-9,12-13H2,1-3H3;10-12,14H,4-9H2,1-3H3;3-4,7H,5-6H2,1-2H3;8H,3-7H2,1-2H3;3-5H,1-2H3;1-4H2;4*1H4;1-2H2;1H2. The second kappa shape index (κ2) is 65.1. The number of aromatic nitrogens is 5. The summed E-state index contributed by atoms with van der Waals surface area (Å²) in [7, 11) is 0. The van der Waals surface area contributed by atoms with Crippen molar-refractivity contribution in [1.29, 1.82) is 0 Å². The first-order chi connectivity index (χ1) is 48.9. The van der Waals surface area contributed by atoms with Gasteiger partial charge in [0.15, 0.2) is 17.3 Å². The van der Waals surface area contributed by atoms with Gasteiger partial charge in [-0.15, -0.1) is 0 Å². The van der Waals surface area contributed by atoms with Crippen molar-refractivity contribution in [2.75, 3.05) is 45.0 Å². The summed E-state index contributed by atoms with van der Waals surface area (Å²) in [5.74, 6) is 7.04. The largest absolute Gasteiger partial charge is 0.450 e. The molecule has 21 heteroatoms. The fourth-order valence-electron chi connectivity index (χ4n) is 11.3. The molecule has 0 bridgehead atoms. The summed E-state index contributed by atoms with van der Waals surface area (Å²) >= 11 is 3.51. The first-order valence-electron chi connectivity index (χ1n) is 37.8. The Morgan fingerprint density at radius 1 is 0.467 bits per heavy atom. The van der Waals surface area contributed by atoms with E-state index in [0.29, 0.717) is 43.7 Å². The number of Topliss-reactive ketones (excluding diaryl/α,β-unsaturated/α-hetero) is 4. The maximum atomic E-state index is 12.2. The summed E-state index contributed by atoms with van der Waals surface area (Å²) in [4.78, 5) is 65.2. The minimum Gasteiger partial charge on any atom is -0.412 e. The number of ether oxygens (including phenoxy) is 5. The second-order valence-corrected chi connectivity index (χ2v) is 27.4. The molecule has 0 radical (unpaired) electrons. The fraction of sp³-hybridized carbons (Fsp3) is 0.663. The molecule has 614 valence electrons. The molecule has 0 aliphatic carbocycles. The van der Waals surface area contributed by atoms with Crippen molar-refractivity contribution in [3.63, 3.8) is 0 Å². The van der Waals surface area contributed by atoms with Crippen molar-refractivity contribution >= 4 is 39.1 Å². The Bertz CT molecular complexity index is 3030. The van der Waals surface area contributed by atoms with Gasteiger partial charge in [0.05, 0.1) is 44.2 Å². The number of halogens is 4. The van der Waals surface area contributed by atoms with E-state index in [0.717, 1.165) is 98.4 Å². The summed E-state index contributed by atoms with van der Waals surface area (Å²) < 4.78 is 64.0. The average Bonchev–Trinajstić information content (AvgIpc) is 1.74. The molecule has 8 rings (SSSR count). The van der Waals surface area contributed by atoms with E-state index in [2.05, 4.69) is 120 Å². The number of ketones is 4. The molecular formula is C86H147BrF3N7O10. The van der Waals surface area contributed by atoms with Gasteiger partial charge in [0.1, 0.15) is 17.1 Å². The molecule has 3 aliphatic rings. The fourth-order valence-corrected chi connectivity index (χ4v) is 12.1. The molecule has 6 N–H and O–H groups in total. The van der Waals surface area contributed by atoms with Gasteiger partial charge in [0, 0.05) is 63.4 Å². The van der Waals surface area contributed by atoms with Crippen LogP contribution in [0.3, 0.4) is 0 Å². The predicted molar refractivity (Wildman–Crippen MR) is 440 cm³/mol. The van der Waals surface area contributed by atoms with E-state index in [1.165, 1.54) is 150 Å². The number of hydrogen-bond acceptors (Lipinski definition) is 16. The van der Waals surface area contributed by atoms with Crippen molar-refractivity contribution in [3.8, 4) is 0 Å². The first kappa shape index (κ1) is 110. The Morgan fingerprint density at radius 3 is 1.10 bits per heavy atom. The normalized spacial score (nSPS) is 14.4. The Hall–Kier alpha value is -5.62. The molecule has 4 atom stereocenters. The molecule has 0 spiro atoms. The Balaban J connectivity index is -0.000000387. The summed E-state index contributed by atoms with van der Waals surface area (Å²) in [5.41, 5.74) is 8.50. The van der Waals surface area contributed by atoms with Crippen LogP contribution in [0.4, 0.5) is 13.2 Å². The second-order valence-electron chi connectivity index (χ2n) is 26.8. The molecule has 0 amide bonds. The summed E-state index contributed by atoms with van der Waals surface area (Å²) in [5, 5.41) is 1.18. The van der Waals surface area contributed by atoms with E-state index in [4.69, 9.17) is 23.7 Å². The van der Waals surface area contributed by atoms with Gasteiger partial charge in [0.25, 0.3) is 0 Å². The lowest BCUT2D eigenvalue weighted by Gasteiger charge is -2.22. The maximum absolute atomic E-state index is 12.2. The predicted octanol–water partition coefficient (Wildman–Crippen LogP) is 22.0. The minimum absolute atomic E-state index is 0. The molecule has 8 heterocycles. The van der Waals surface area contributed by atoms with Crippen LogP contribution in [0.15, 0.2) is 91.6 Å². The van der Waals surface area contributed by atoms with E-state index in [1.807, 2.05) is 64.2 Å². The number of carbonyl (C=O) groups excluding carboxylic acids is 4. The van der Waals surface area contributed by atoms with Crippen LogP contribution in [-0.4, -0.2) is 105 Å². The molecule has 107 heavy (non-hydrogen) atoms. The zero-order chi connectivity index (χ0) is 76.2. The van der Waals surface area contributed by atoms with Crippen LogP contribution in [-0.2, 0) is 59.3 Å². The lowest BCUT2D eigenvalue weighted by Crippen LogP contribution is -2.25. The number of hydrazine groups is 1. The Labute approximate surface area is 655 Å². The van der Waals surface area contributed by atoms with Crippen LogP contribution in [0.5, 0.6) is 0 Å². The van der Waals surface area contributed by atoms with Crippen LogP contribution in [0.2, 0.25) is 0 Å². The molecule has 3 fully saturated rings. The van der Waals surface area contributed by atoms with Crippen molar-refractivity contribution in [3.05, 3.63) is 148 Å². The average molecular weight is 1580 g/mol. The third kappa shape index (κ3) is 47.9. The van der Waals surface area contributed by atoms with Crippen molar-refractivity contribution in [2.24, 2.45) is 35.4 Å². The SMILES string of the molecule is C.C.C.C.C1CCOC1.CC(=O)c1cc(C)ccn1.CCCCC(CC)CBr.CCCCC(CC)CCc1ccnc(C(=O)CC(=O)C(F)(F)F)c1.CCCCC(CC)CCc1ccnc(C(C)=O)c1.CCCCC(CC)CCc1ccnc(C2(C)OCCO2)c1.Cc1ccnc(C2(C)OCCO2)c1.NN.O. The number of hydrogen-bond donors (Lipinski definition) is 2. The van der Waals surface area contributed by atoms with Gasteiger partial charge >= 0.3 is 6.18 Å². The van der Waals surface area contributed by atoms with Gasteiger partial charge in [-0.2, -0.15) is 13.2 Å². The van der Waals surface area contributed by atoms with Crippen LogP contribution in [0.1, 0.15) is 325 Å². The van der Waals surface area contributed by atoms with Crippen LogP contribution >= 0.6 is 15.9 Å². The summed E-state index contributed by atoms with van der Waals surface area (Å²) in [6.45, 7) is 33.4. The van der Waals surface area contributed by atoms with Crippen molar-refractivity contribution in [2.45, 2.75) is 305 Å². The van der Waals surface area contributed by atoms with Gasteiger partial charge in [0.2, 0.25) is 17.4 Å². The Kier molecular flexibility index (Phi) is 66.9. The number of pyridine rings is 5. The third-order valence-corrected chi connectivity index (χ3v) is 19.2. The monoisotopic (exact) mass is 1570 g/mol. The minimum atomic E-state index is -4.99. The number of rotatable bonds is 33. The van der Waals surface area contributed by atoms with Crippen molar-refractivity contribution < 1.29 is 61.5 Å². The van der Waals surface area contributed by atoms with E-state index in [1.54, 1.807) is 37.6 Å². The van der Waals surface area contributed by atoms with Gasteiger partial charge < -0.3 is 29.2 Å².